The van der Waals surface area contributed by atoms with Crippen molar-refractivity contribution in [2.24, 2.45) is 0 Å². The molecule has 0 fully saturated rings. The predicted octanol–water partition coefficient (Wildman–Crippen LogP) is 24.1. The Kier molecular flexibility index (Phi) is 71.4. The van der Waals surface area contributed by atoms with Crippen LogP contribution in [-0.2, 0) is 33.3 Å². The maximum Gasteiger partial charge on any atom is 0.306 e. The molecule has 0 aromatic rings. The molecule has 9 nitrogen and oxygen atoms in total. The van der Waals surface area contributed by atoms with E-state index in [1.165, 1.54) is 295 Å². The Morgan fingerprint density at radius 1 is 0.337 bits per heavy atom. The number of carboxylic acid groups (broad SMARTS) is 1. The summed E-state index contributed by atoms with van der Waals surface area (Å²) in [5, 5.41) is 11.9. The first-order chi connectivity index (χ1) is 45.1. The van der Waals surface area contributed by atoms with Gasteiger partial charge in [0, 0.05) is 12.8 Å². The van der Waals surface area contributed by atoms with Crippen LogP contribution in [0.3, 0.4) is 0 Å². The van der Waals surface area contributed by atoms with Gasteiger partial charge in [0.05, 0.1) is 40.3 Å². The average Bonchev–Trinajstić information content (AvgIpc) is 3.75. The van der Waals surface area contributed by atoms with Crippen molar-refractivity contribution in [3.8, 4) is 0 Å². The maximum absolute atomic E-state index is 13.0. The lowest BCUT2D eigenvalue weighted by molar-refractivity contribution is -0.870. The monoisotopic (exact) mass is 1290 g/mol. The van der Waals surface area contributed by atoms with E-state index in [-0.39, 0.29) is 32.2 Å². The number of allylic oxidation sites excluding steroid dienone is 10. The van der Waals surface area contributed by atoms with Gasteiger partial charge in [-0.2, -0.15) is 0 Å². The molecule has 0 aliphatic rings. The van der Waals surface area contributed by atoms with Crippen molar-refractivity contribution in [1.29, 1.82) is 0 Å². The lowest BCUT2D eigenvalue weighted by Crippen LogP contribution is -2.44. The minimum absolute atomic E-state index is 0.150. The molecule has 0 radical (unpaired) electrons. The number of carbonyl (C=O) groups is 3. The van der Waals surface area contributed by atoms with Gasteiger partial charge in [-0.3, -0.25) is 9.59 Å². The Balaban J connectivity index is 3.98. The largest absolute Gasteiger partial charge is 0.545 e. The van der Waals surface area contributed by atoms with E-state index in [1.54, 1.807) is 0 Å². The van der Waals surface area contributed by atoms with E-state index < -0.39 is 24.3 Å². The molecule has 0 aliphatic carbocycles. The molecule has 0 saturated heterocycles. The van der Waals surface area contributed by atoms with E-state index in [0.717, 1.165) is 70.6 Å². The van der Waals surface area contributed by atoms with Crippen molar-refractivity contribution in [1.82, 2.24) is 0 Å². The Bertz CT molecular complexity index is 1700. The second kappa shape index (κ2) is 73.8. The molecule has 2 atom stereocenters. The van der Waals surface area contributed by atoms with Gasteiger partial charge in [-0.1, -0.05) is 383 Å². The molecule has 0 saturated carbocycles. The Morgan fingerprint density at radius 3 is 0.924 bits per heavy atom. The summed E-state index contributed by atoms with van der Waals surface area (Å²) in [6, 6.07) is 0. The first-order valence-electron chi connectivity index (χ1n) is 39.9. The van der Waals surface area contributed by atoms with Crippen molar-refractivity contribution < 1.29 is 42.9 Å². The van der Waals surface area contributed by atoms with Crippen LogP contribution in [0.2, 0.25) is 0 Å². The molecule has 92 heavy (non-hydrogen) atoms. The molecule has 9 heteroatoms. The highest BCUT2D eigenvalue weighted by atomic mass is 16.7. The lowest BCUT2D eigenvalue weighted by Gasteiger charge is -2.26. The highest BCUT2D eigenvalue weighted by Crippen LogP contribution is 2.20. The fourth-order valence-corrected chi connectivity index (χ4v) is 12.0. The molecule has 0 spiro atoms. The maximum atomic E-state index is 13.0. The van der Waals surface area contributed by atoms with Crippen LogP contribution in [0.1, 0.15) is 393 Å². The molecule has 0 aromatic carbocycles. The Labute approximate surface area is 571 Å². The summed E-state index contributed by atoms with van der Waals surface area (Å²) in [5.41, 5.74) is 0. The van der Waals surface area contributed by atoms with Crippen LogP contribution in [0.25, 0.3) is 0 Å². The summed E-state index contributed by atoms with van der Waals surface area (Å²) < 4.78 is 22.9. The number of likely N-dealkylation sites (N-methyl/N-ethyl adjacent to an activating group) is 1. The van der Waals surface area contributed by atoms with Crippen LogP contribution < -0.4 is 5.11 Å². The van der Waals surface area contributed by atoms with Gasteiger partial charge in [0.2, 0.25) is 0 Å². The number of carboxylic acids is 1. The first-order valence-corrected chi connectivity index (χ1v) is 39.9. The molecular weight excluding hydrogens is 1140 g/mol. The van der Waals surface area contributed by atoms with Crippen molar-refractivity contribution in [3.05, 3.63) is 60.8 Å². The molecule has 0 heterocycles. The van der Waals surface area contributed by atoms with Gasteiger partial charge in [-0.15, -0.1) is 0 Å². The van der Waals surface area contributed by atoms with Crippen molar-refractivity contribution in [3.63, 3.8) is 0 Å². The van der Waals surface area contributed by atoms with Gasteiger partial charge >= 0.3 is 11.9 Å². The number of hydrogen-bond acceptors (Lipinski definition) is 8. The van der Waals surface area contributed by atoms with Gasteiger partial charge in [0.15, 0.2) is 12.4 Å². The molecular formula is C83H153NO8. The molecule has 0 aliphatic heterocycles. The SMILES string of the molecule is CC/C=C\C/C=C\C/C=C\C/C=C\C/C=C\CCCCCCCCCCCCCCCCCCCCCCCC(=O)OC(COC(=O)CCCCCCCCCCCCCCCCCCCCCCCCCCCCCCCC)COC(OCC[N+](C)(C)C)C(=O)[O-]. The van der Waals surface area contributed by atoms with Gasteiger partial charge < -0.3 is 33.3 Å². The number of aliphatic carboxylic acids is 1. The van der Waals surface area contributed by atoms with Crippen molar-refractivity contribution in [2.45, 2.75) is 405 Å². The minimum Gasteiger partial charge on any atom is -0.545 e. The quantitative estimate of drug-likeness (QED) is 0.0195. The number of quaternary nitrogens is 1. The van der Waals surface area contributed by atoms with E-state index in [4.69, 9.17) is 18.9 Å². The summed E-state index contributed by atoms with van der Waals surface area (Å²) >= 11 is 0. The van der Waals surface area contributed by atoms with Crippen molar-refractivity contribution in [2.75, 3.05) is 47.5 Å². The number of nitrogens with zero attached hydrogens (tertiary/aromatic N) is 1. The Hall–Kier alpha value is -3.01. The highest BCUT2D eigenvalue weighted by molar-refractivity contribution is 5.70. The molecule has 2 unspecified atom stereocenters. The Morgan fingerprint density at radius 2 is 0.620 bits per heavy atom. The number of unbranched alkanes of at least 4 members (excludes halogenated alkanes) is 50. The van der Waals surface area contributed by atoms with Gasteiger partial charge in [0.1, 0.15) is 13.2 Å². The third-order valence-electron chi connectivity index (χ3n) is 18.0. The van der Waals surface area contributed by atoms with Crippen LogP contribution in [-0.4, -0.2) is 82.3 Å². The zero-order valence-electron chi connectivity index (χ0n) is 61.7. The second-order valence-electron chi connectivity index (χ2n) is 28.3. The van der Waals surface area contributed by atoms with E-state index in [2.05, 4.69) is 74.6 Å². The molecule has 538 valence electrons. The van der Waals surface area contributed by atoms with Crippen LogP contribution in [0.15, 0.2) is 60.8 Å². The third-order valence-corrected chi connectivity index (χ3v) is 18.0. The molecule has 0 bridgehead atoms. The number of ether oxygens (including phenoxy) is 4. The number of esters is 2. The summed E-state index contributed by atoms with van der Waals surface area (Å²) in [4.78, 5) is 37.6. The van der Waals surface area contributed by atoms with Gasteiger partial charge in [-0.25, -0.2) is 0 Å². The average molecular weight is 1290 g/mol. The fraction of sp³-hybridized carbons (Fsp3) is 0.843. The van der Waals surface area contributed by atoms with Crippen LogP contribution in [0, 0.1) is 0 Å². The first kappa shape index (κ1) is 89.0. The normalized spacial score (nSPS) is 12.9. The fourth-order valence-electron chi connectivity index (χ4n) is 12.0. The lowest BCUT2D eigenvalue weighted by atomic mass is 10.0. The minimum atomic E-state index is -1.62. The zero-order valence-corrected chi connectivity index (χ0v) is 61.7. The molecule has 0 N–H and O–H groups in total. The summed E-state index contributed by atoms with van der Waals surface area (Å²) in [6.07, 6.45) is 94.9. The van der Waals surface area contributed by atoms with E-state index >= 15 is 0 Å². The third kappa shape index (κ3) is 74.4. The standard InChI is InChI=1S/C83H153NO8/c1-6-8-10-12-14-16-18-20-22-24-26-28-30-32-34-36-38-39-40-41-42-43-44-46-48-50-52-54-56-58-60-62-64-66-68-70-72-74-81(86)92-79(78-91-83(82(87)88)89-76-75-84(3,4)5)77-90-80(85)73-71-69-67-65-63-61-59-57-55-53-51-49-47-45-37-35-33-31-29-27-25-23-21-19-17-15-13-11-9-7-2/h8,10,14,16,20,22,26,28,32,34,79,83H,6-7,9,11-13,15,17-19,21,23-25,27,29-31,33,35-78H2,1-5H3/b10-8-,16-14-,22-20-,28-26-,34-32-. The second-order valence-corrected chi connectivity index (χ2v) is 28.3. The van der Waals surface area contributed by atoms with Crippen LogP contribution >= 0.6 is 0 Å². The summed E-state index contributed by atoms with van der Waals surface area (Å²) in [5.74, 6) is -2.25. The topological polar surface area (TPSA) is 111 Å². The highest BCUT2D eigenvalue weighted by Gasteiger charge is 2.22. The smallest absolute Gasteiger partial charge is 0.306 e. The number of rotatable bonds is 75. The number of carbonyl (C=O) groups excluding carboxylic acids is 3. The number of hydrogen-bond donors (Lipinski definition) is 0. The van der Waals surface area contributed by atoms with Crippen LogP contribution in [0.5, 0.6) is 0 Å². The predicted molar refractivity (Wildman–Crippen MR) is 394 cm³/mol. The summed E-state index contributed by atoms with van der Waals surface area (Å²) in [6.45, 7) is 4.71. The van der Waals surface area contributed by atoms with E-state index in [0.29, 0.717) is 17.4 Å². The zero-order chi connectivity index (χ0) is 66.8. The molecule has 0 aromatic heterocycles. The molecule has 0 amide bonds. The van der Waals surface area contributed by atoms with E-state index in [1.807, 2.05) is 21.1 Å². The van der Waals surface area contributed by atoms with Gasteiger partial charge in [0.25, 0.3) is 0 Å². The van der Waals surface area contributed by atoms with E-state index in [9.17, 15) is 19.5 Å². The van der Waals surface area contributed by atoms with Gasteiger partial charge in [-0.05, 0) is 57.8 Å². The summed E-state index contributed by atoms with van der Waals surface area (Å²) in [7, 11) is 5.95. The van der Waals surface area contributed by atoms with Crippen LogP contribution in [0.4, 0.5) is 0 Å². The van der Waals surface area contributed by atoms with Crippen molar-refractivity contribution >= 4 is 17.9 Å². The molecule has 0 rings (SSSR count).